The number of hydrogen-bond donors (Lipinski definition) is 13. The quantitative estimate of drug-likeness (QED) is 0.0424. The van der Waals surface area contributed by atoms with Crippen LogP contribution in [-0.4, -0.2) is 151 Å². The van der Waals surface area contributed by atoms with E-state index in [1.807, 2.05) is 0 Å². The van der Waals surface area contributed by atoms with E-state index in [2.05, 4.69) is 47.0 Å². The summed E-state index contributed by atoms with van der Waals surface area (Å²) in [5.41, 5.74) is 4.30. The molecule has 28 nitrogen and oxygen atoms in total. The van der Waals surface area contributed by atoms with Crippen LogP contribution in [0.2, 0.25) is 0 Å². The Kier molecular flexibility index (Phi) is 19.9. The molecule has 0 aromatic carbocycles. The van der Waals surface area contributed by atoms with E-state index >= 15 is 0 Å². The summed E-state index contributed by atoms with van der Waals surface area (Å²) in [6, 6.07) is 0. The highest BCUT2D eigenvalue weighted by atomic mass is 32.1. The van der Waals surface area contributed by atoms with Gasteiger partial charge in [0.05, 0.1) is 32.1 Å². The number of fused-ring (bicyclic) bond motifs is 1. The molecule has 32 heteroatoms. The number of rotatable bonds is 23. The number of nitrogens with zero attached hydrogens (tertiary/aromatic N) is 4. The first-order valence-electron chi connectivity index (χ1n) is 16.8. The third-order valence-corrected chi connectivity index (χ3v) is 10.9. The number of ether oxygens (including phenoxy) is 1. The molecule has 1 fully saturated rings. The van der Waals surface area contributed by atoms with Gasteiger partial charge in [-0.05, 0) is 6.42 Å². The molecule has 8 atom stereocenters. The minimum Gasteiger partial charge on any atom is -0.481 e. The third kappa shape index (κ3) is 17.7. The average molecular weight is 930 g/mol. The predicted molar refractivity (Wildman–Crippen MR) is 199 cm³/mol. The number of aliphatic hydroxyl groups excluding tert-OH is 3. The van der Waals surface area contributed by atoms with Crippen molar-refractivity contribution in [3.05, 3.63) is 12.7 Å². The molecule has 3 heterocycles. The van der Waals surface area contributed by atoms with Crippen molar-refractivity contribution < 1.29 is 101 Å². The Morgan fingerprint density at radius 2 is 1.63 bits per heavy atom. The highest BCUT2D eigenvalue weighted by Gasteiger charge is 2.50. The molecule has 13 N–H and O–H groups in total. The summed E-state index contributed by atoms with van der Waals surface area (Å²) < 4.78 is 61.7. The Bertz CT molecular complexity index is 1900. The number of carbonyl (C=O) groups excluding carboxylic acids is 2. The van der Waals surface area contributed by atoms with Crippen molar-refractivity contribution in [2.45, 2.75) is 76.3 Å². The van der Waals surface area contributed by atoms with Gasteiger partial charge in [0, 0.05) is 37.1 Å². The van der Waals surface area contributed by atoms with E-state index in [1.54, 1.807) is 0 Å². The maximum atomic E-state index is 12.6. The second kappa shape index (κ2) is 22.6. The maximum absolute atomic E-state index is 12.6. The largest absolute Gasteiger partial charge is 0.481 e. The zero-order valence-corrected chi connectivity index (χ0v) is 34.6. The summed E-state index contributed by atoms with van der Waals surface area (Å²) in [6.07, 6.45) is -8.40. The maximum Gasteiger partial charge on any atom is 0.481 e. The van der Waals surface area contributed by atoms with Gasteiger partial charge < -0.3 is 66.2 Å². The van der Waals surface area contributed by atoms with E-state index in [9.17, 15) is 62.7 Å². The summed E-state index contributed by atoms with van der Waals surface area (Å²) in [4.78, 5) is 94.5. The number of aliphatic hydroxyl groups is 3. The van der Waals surface area contributed by atoms with E-state index in [-0.39, 0.29) is 48.7 Å². The Hall–Kier alpha value is -3.21. The number of imidazole rings is 1. The third-order valence-electron chi connectivity index (χ3n) is 7.61. The van der Waals surface area contributed by atoms with Crippen molar-refractivity contribution in [3.8, 4) is 0 Å². The van der Waals surface area contributed by atoms with Crippen LogP contribution in [0.15, 0.2) is 12.7 Å². The molecular formula is C27H46N7O21P3S. The number of carboxylic acid groups (broad SMARTS) is 2. The van der Waals surface area contributed by atoms with Crippen LogP contribution in [0.1, 0.15) is 45.8 Å². The summed E-state index contributed by atoms with van der Waals surface area (Å²) in [5.74, 6) is -3.10. The minimum atomic E-state index is -5.54. The topological polar surface area (TPSA) is 441 Å². The van der Waals surface area contributed by atoms with E-state index in [1.165, 1.54) is 13.8 Å². The number of anilines is 1. The van der Waals surface area contributed by atoms with Crippen molar-refractivity contribution in [1.29, 1.82) is 0 Å². The van der Waals surface area contributed by atoms with Crippen LogP contribution in [0.4, 0.5) is 5.82 Å². The molecule has 1 aliphatic heterocycles. The molecule has 0 spiro atoms. The number of amides is 2. The first-order valence-corrected chi connectivity index (χ1v) is 22.0. The second-order valence-electron chi connectivity index (χ2n) is 13.0. The Morgan fingerprint density at radius 1 is 0.983 bits per heavy atom. The molecule has 336 valence electrons. The molecule has 3 unspecified atom stereocenters. The number of hydrogen-bond acceptors (Lipinski definition) is 20. The number of phosphoric ester groups is 3. The molecule has 59 heavy (non-hydrogen) atoms. The number of carboxylic acids is 2. The van der Waals surface area contributed by atoms with Crippen LogP contribution in [-0.2, 0) is 55.5 Å². The Balaban J connectivity index is 0.000000951. The smallest absolute Gasteiger partial charge is 0.481 e. The van der Waals surface area contributed by atoms with Crippen LogP contribution in [0.5, 0.6) is 0 Å². The molecule has 0 radical (unpaired) electrons. The van der Waals surface area contributed by atoms with Crippen molar-refractivity contribution in [1.82, 2.24) is 30.2 Å². The van der Waals surface area contributed by atoms with Crippen molar-refractivity contribution in [2.24, 2.45) is 5.41 Å². The number of phosphoric acid groups is 3. The SMILES string of the molecule is CC(C)(COP(=O)(O)OP(=O)(O)OC[C@H]1O[C@@H](n2cnc3c(N)ncnc32)[C@H](O)[C@@H]1OP(=O)(O)O)[C@@H](O)C(=O)NCCC(=O)NCCS.O=C(O)CCC(O)CC(=O)O. The predicted octanol–water partition coefficient (Wildman–Crippen LogP) is -1.98. The molecule has 2 amide bonds. The lowest BCUT2D eigenvalue weighted by atomic mass is 9.87. The van der Waals surface area contributed by atoms with Gasteiger partial charge in [0.15, 0.2) is 17.7 Å². The van der Waals surface area contributed by atoms with Gasteiger partial charge in [-0.1, -0.05) is 13.8 Å². The average Bonchev–Trinajstić information content (AvgIpc) is 3.67. The summed E-state index contributed by atoms with van der Waals surface area (Å²) in [5, 5.41) is 51.2. The fourth-order valence-corrected chi connectivity index (χ4v) is 7.67. The Morgan fingerprint density at radius 3 is 2.22 bits per heavy atom. The van der Waals surface area contributed by atoms with Gasteiger partial charge in [-0.3, -0.25) is 37.3 Å². The Labute approximate surface area is 339 Å². The zero-order chi connectivity index (χ0) is 44.9. The van der Waals surface area contributed by atoms with Crippen molar-refractivity contribution in [3.63, 3.8) is 0 Å². The van der Waals surface area contributed by atoms with Crippen LogP contribution in [0.3, 0.4) is 0 Å². The highest BCUT2D eigenvalue weighted by molar-refractivity contribution is 7.80. The molecule has 0 saturated carbocycles. The minimum absolute atomic E-state index is 0.0123. The van der Waals surface area contributed by atoms with Crippen molar-refractivity contribution >= 4 is 76.8 Å². The van der Waals surface area contributed by atoms with Gasteiger partial charge in [-0.15, -0.1) is 0 Å². The highest BCUT2D eigenvalue weighted by Crippen LogP contribution is 2.61. The number of nitrogens with two attached hydrogens (primary N) is 1. The van der Waals surface area contributed by atoms with E-state index in [4.69, 9.17) is 34.8 Å². The molecule has 3 rings (SSSR count). The van der Waals surface area contributed by atoms with Gasteiger partial charge in [0.25, 0.3) is 0 Å². The number of nitrogen functional groups attached to an aromatic ring is 1. The lowest BCUT2D eigenvalue weighted by Gasteiger charge is -2.30. The number of aliphatic carboxylic acids is 2. The number of aromatic nitrogens is 4. The summed E-state index contributed by atoms with van der Waals surface area (Å²) in [7, 11) is -16.3. The summed E-state index contributed by atoms with van der Waals surface area (Å²) >= 11 is 3.95. The van der Waals surface area contributed by atoms with Crippen LogP contribution < -0.4 is 16.4 Å². The lowest BCUT2D eigenvalue weighted by Crippen LogP contribution is -2.46. The molecule has 1 aliphatic rings. The fraction of sp³-hybridized carbons (Fsp3) is 0.667. The molecular weight excluding hydrogens is 883 g/mol. The zero-order valence-electron chi connectivity index (χ0n) is 31.1. The van der Waals surface area contributed by atoms with Gasteiger partial charge in [-0.25, -0.2) is 28.6 Å². The number of thiol groups is 1. The first kappa shape index (κ1) is 51.9. The molecule has 0 bridgehead atoms. The van der Waals surface area contributed by atoms with Gasteiger partial charge in [0.2, 0.25) is 11.8 Å². The normalized spacial score (nSPS) is 21.3. The first-order chi connectivity index (χ1) is 27.2. The number of nitrogens with one attached hydrogen (secondary N) is 2. The van der Waals surface area contributed by atoms with E-state index in [0.717, 1.165) is 17.2 Å². The molecule has 2 aromatic heterocycles. The summed E-state index contributed by atoms with van der Waals surface area (Å²) in [6.45, 7) is 0.723. The van der Waals surface area contributed by atoms with E-state index in [0.29, 0.717) is 12.3 Å². The monoisotopic (exact) mass is 929 g/mol. The van der Waals surface area contributed by atoms with Crippen LogP contribution >= 0.6 is 36.1 Å². The van der Waals surface area contributed by atoms with Gasteiger partial charge in [-0.2, -0.15) is 16.9 Å². The van der Waals surface area contributed by atoms with Crippen LogP contribution in [0, 0.1) is 5.41 Å². The molecule has 0 aliphatic carbocycles. The van der Waals surface area contributed by atoms with E-state index < -0.39 is 103 Å². The van der Waals surface area contributed by atoms with Gasteiger partial charge in [0.1, 0.15) is 36.3 Å². The second-order valence-corrected chi connectivity index (χ2v) is 17.7. The van der Waals surface area contributed by atoms with Gasteiger partial charge >= 0.3 is 35.4 Å². The fourth-order valence-electron chi connectivity index (χ4n) is 4.73. The molecule has 2 aromatic rings. The molecule has 1 saturated heterocycles. The lowest BCUT2D eigenvalue weighted by molar-refractivity contribution is -0.141. The number of carbonyl (C=O) groups is 4. The van der Waals surface area contributed by atoms with Crippen LogP contribution in [0.25, 0.3) is 11.2 Å². The van der Waals surface area contributed by atoms with Crippen molar-refractivity contribution in [2.75, 3.05) is 37.8 Å². The standard InChI is InChI=1S/C21H36N7O16P3S.C6H10O5/c1-21(2,16(31)19(32)24-4-3-12(29)23-5-6-48)8-41-47(38,39)44-46(36,37)40-7-11-15(43-45(33,34)35)14(30)20(42-11)28-10-27-13-17(22)25-9-26-18(13)28;7-4(3-6(10)11)1-2-5(8)9/h9-11,14-16,20,30-31,48H,3-8H2,1-2H3,(H,23,29)(H,24,32)(H,36,37)(H,38,39)(H2,22,25,26)(H2,33,34,35);4,7H,1-3H2,(H,8,9)(H,10,11)/t11-,14-,15-,16+,20-;/m1./s1.